The van der Waals surface area contributed by atoms with Crippen molar-refractivity contribution in [3.63, 3.8) is 0 Å². The maximum absolute atomic E-state index is 12.8. The van der Waals surface area contributed by atoms with Gasteiger partial charge in [0.05, 0.1) is 0 Å². The van der Waals surface area contributed by atoms with E-state index in [1.165, 1.54) is 4.90 Å². The van der Waals surface area contributed by atoms with Crippen molar-refractivity contribution in [2.75, 3.05) is 13.1 Å². The minimum atomic E-state index is -0.760. The van der Waals surface area contributed by atoms with Crippen molar-refractivity contribution >= 4 is 6.09 Å². The first-order chi connectivity index (χ1) is 7.65. The largest absolute Gasteiger partial charge is 0.415 e. The molecule has 1 heterocycles. The van der Waals surface area contributed by atoms with Gasteiger partial charge in [-0.1, -0.05) is 0 Å². The maximum Gasteiger partial charge on any atom is 0.415 e. The Balaban J connectivity index is 2.05. The fraction of sp³-hybridized carbons (Fsp3) is 0.364. The molecule has 0 N–H and O–H groups in total. The van der Waals surface area contributed by atoms with E-state index in [4.69, 9.17) is 4.74 Å². The van der Waals surface area contributed by atoms with Crippen molar-refractivity contribution in [3.05, 3.63) is 29.8 Å². The molecule has 1 amide bonds. The van der Waals surface area contributed by atoms with Crippen LogP contribution in [0.3, 0.4) is 0 Å². The zero-order chi connectivity index (χ0) is 11.5. The van der Waals surface area contributed by atoms with E-state index in [0.29, 0.717) is 13.1 Å². The van der Waals surface area contributed by atoms with Crippen LogP contribution in [-0.4, -0.2) is 24.1 Å². The molecule has 0 spiro atoms. The van der Waals surface area contributed by atoms with Crippen LogP contribution in [0.15, 0.2) is 18.2 Å². The molecule has 1 aromatic rings. The van der Waals surface area contributed by atoms with Crippen LogP contribution in [-0.2, 0) is 0 Å². The number of benzene rings is 1. The van der Waals surface area contributed by atoms with Crippen molar-refractivity contribution in [3.8, 4) is 5.75 Å². The molecule has 2 rings (SSSR count). The molecular formula is C11H11F2NO2. The first kappa shape index (κ1) is 10.9. The molecule has 0 aliphatic carbocycles. The van der Waals surface area contributed by atoms with Crippen molar-refractivity contribution in [2.45, 2.75) is 12.8 Å². The predicted molar refractivity (Wildman–Crippen MR) is 53.2 cm³/mol. The fourth-order valence-corrected chi connectivity index (χ4v) is 1.65. The number of hydrogen-bond donors (Lipinski definition) is 0. The number of likely N-dealkylation sites (tertiary alicyclic amines) is 1. The molecule has 1 fully saturated rings. The van der Waals surface area contributed by atoms with Gasteiger partial charge in [0.1, 0.15) is 17.4 Å². The van der Waals surface area contributed by atoms with E-state index in [-0.39, 0.29) is 5.75 Å². The molecule has 0 aromatic heterocycles. The van der Waals surface area contributed by atoms with Gasteiger partial charge in [-0.05, 0) is 12.8 Å². The highest BCUT2D eigenvalue weighted by molar-refractivity contribution is 5.70. The Hall–Kier alpha value is -1.65. The first-order valence-corrected chi connectivity index (χ1v) is 5.08. The molecule has 1 aromatic carbocycles. The average Bonchev–Trinajstić information content (AvgIpc) is 2.68. The van der Waals surface area contributed by atoms with Crippen molar-refractivity contribution in [2.24, 2.45) is 0 Å². The molecule has 86 valence electrons. The highest BCUT2D eigenvalue weighted by Gasteiger charge is 2.20. The molecule has 1 saturated heterocycles. The number of halogens is 2. The van der Waals surface area contributed by atoms with Crippen LogP contribution < -0.4 is 4.74 Å². The van der Waals surface area contributed by atoms with E-state index in [9.17, 15) is 13.6 Å². The van der Waals surface area contributed by atoms with Gasteiger partial charge in [-0.25, -0.2) is 13.6 Å². The zero-order valence-corrected chi connectivity index (χ0v) is 8.58. The average molecular weight is 227 g/mol. The van der Waals surface area contributed by atoms with E-state index in [2.05, 4.69) is 0 Å². The fourth-order valence-electron chi connectivity index (χ4n) is 1.65. The maximum atomic E-state index is 12.8. The molecule has 5 heteroatoms. The monoisotopic (exact) mass is 227 g/mol. The van der Waals surface area contributed by atoms with Crippen LogP contribution in [0.25, 0.3) is 0 Å². The summed E-state index contributed by atoms with van der Waals surface area (Å²) in [5, 5.41) is 0. The third-order valence-corrected chi connectivity index (χ3v) is 2.41. The van der Waals surface area contributed by atoms with Crippen molar-refractivity contribution in [1.82, 2.24) is 4.90 Å². The number of rotatable bonds is 1. The lowest BCUT2D eigenvalue weighted by molar-refractivity contribution is 0.162. The smallest absolute Gasteiger partial charge is 0.410 e. The number of ether oxygens (including phenoxy) is 1. The number of carbonyl (C=O) groups excluding carboxylic acids is 1. The molecule has 3 nitrogen and oxygen atoms in total. The summed E-state index contributed by atoms with van der Waals surface area (Å²) in [5.74, 6) is -1.62. The van der Waals surface area contributed by atoms with Crippen LogP contribution >= 0.6 is 0 Å². The second-order valence-electron chi connectivity index (χ2n) is 3.67. The Morgan fingerprint density at radius 2 is 1.69 bits per heavy atom. The molecule has 0 unspecified atom stereocenters. The normalized spacial score (nSPS) is 15.2. The summed E-state index contributed by atoms with van der Waals surface area (Å²) in [6.45, 7) is 1.27. The van der Waals surface area contributed by atoms with Crippen LogP contribution in [0.2, 0.25) is 0 Å². The van der Waals surface area contributed by atoms with E-state index >= 15 is 0 Å². The van der Waals surface area contributed by atoms with Crippen LogP contribution in [0.1, 0.15) is 12.8 Å². The summed E-state index contributed by atoms with van der Waals surface area (Å²) >= 11 is 0. The lowest BCUT2D eigenvalue weighted by atomic mass is 10.3. The Kier molecular flexibility index (Phi) is 3.03. The van der Waals surface area contributed by atoms with Gasteiger partial charge >= 0.3 is 6.09 Å². The number of nitrogens with zero attached hydrogens (tertiary/aromatic N) is 1. The Morgan fingerprint density at radius 1 is 1.12 bits per heavy atom. The summed E-state index contributed by atoms with van der Waals surface area (Å²) in [4.78, 5) is 13.0. The number of amides is 1. The molecule has 0 atom stereocenters. The van der Waals surface area contributed by atoms with Gasteiger partial charge in [0.25, 0.3) is 0 Å². The first-order valence-electron chi connectivity index (χ1n) is 5.08. The van der Waals surface area contributed by atoms with Crippen molar-refractivity contribution in [1.29, 1.82) is 0 Å². The second kappa shape index (κ2) is 4.47. The lowest BCUT2D eigenvalue weighted by Crippen LogP contribution is -2.30. The number of hydrogen-bond acceptors (Lipinski definition) is 2. The second-order valence-corrected chi connectivity index (χ2v) is 3.67. The molecule has 16 heavy (non-hydrogen) atoms. The van der Waals surface area contributed by atoms with E-state index < -0.39 is 17.7 Å². The predicted octanol–water partition coefficient (Wildman–Crippen LogP) is 2.56. The van der Waals surface area contributed by atoms with Crippen LogP contribution in [0.4, 0.5) is 13.6 Å². The van der Waals surface area contributed by atoms with Crippen LogP contribution in [0, 0.1) is 11.6 Å². The topological polar surface area (TPSA) is 29.5 Å². The SMILES string of the molecule is O=C(Oc1cc(F)cc(F)c1)N1CCCC1. The van der Waals surface area contributed by atoms with Crippen molar-refractivity contribution < 1.29 is 18.3 Å². The Labute approximate surface area is 91.6 Å². The zero-order valence-electron chi connectivity index (χ0n) is 8.58. The number of carbonyl (C=O) groups is 1. The van der Waals surface area contributed by atoms with E-state index in [1.54, 1.807) is 0 Å². The molecule has 0 radical (unpaired) electrons. The molecule has 0 bridgehead atoms. The highest BCUT2D eigenvalue weighted by Crippen LogP contribution is 2.17. The third-order valence-electron chi connectivity index (χ3n) is 2.41. The van der Waals surface area contributed by atoms with Gasteiger partial charge in [-0.15, -0.1) is 0 Å². The van der Waals surface area contributed by atoms with Gasteiger partial charge in [0, 0.05) is 31.3 Å². The molecule has 0 saturated carbocycles. The van der Waals surface area contributed by atoms with E-state index in [1.807, 2.05) is 0 Å². The van der Waals surface area contributed by atoms with Gasteiger partial charge in [-0.2, -0.15) is 0 Å². The molecular weight excluding hydrogens is 216 g/mol. The summed E-state index contributed by atoms with van der Waals surface area (Å²) in [5.41, 5.74) is 0. The lowest BCUT2D eigenvalue weighted by Gasteiger charge is -2.14. The summed E-state index contributed by atoms with van der Waals surface area (Å²) in [6, 6.07) is 2.70. The molecule has 1 aliphatic rings. The standard InChI is InChI=1S/C11H11F2NO2/c12-8-5-9(13)7-10(6-8)16-11(15)14-3-1-2-4-14/h5-7H,1-4H2. The minimum Gasteiger partial charge on any atom is -0.410 e. The quantitative estimate of drug-likeness (QED) is 0.737. The Bertz CT molecular complexity index is 383. The Morgan fingerprint density at radius 3 is 2.25 bits per heavy atom. The summed E-state index contributed by atoms with van der Waals surface area (Å²) in [6.07, 6.45) is 1.32. The van der Waals surface area contributed by atoms with Crippen LogP contribution in [0.5, 0.6) is 5.75 Å². The van der Waals surface area contributed by atoms with Gasteiger partial charge < -0.3 is 9.64 Å². The highest BCUT2D eigenvalue weighted by atomic mass is 19.1. The van der Waals surface area contributed by atoms with Gasteiger partial charge in [0.2, 0.25) is 0 Å². The third kappa shape index (κ3) is 2.48. The molecule has 1 aliphatic heterocycles. The van der Waals surface area contributed by atoms with Gasteiger partial charge in [0.15, 0.2) is 0 Å². The van der Waals surface area contributed by atoms with Gasteiger partial charge in [-0.3, -0.25) is 0 Å². The summed E-state index contributed by atoms with van der Waals surface area (Å²) in [7, 11) is 0. The summed E-state index contributed by atoms with van der Waals surface area (Å²) < 4.78 is 30.5. The van der Waals surface area contributed by atoms with E-state index in [0.717, 1.165) is 31.0 Å². The minimum absolute atomic E-state index is 0.102.